The number of aromatic nitrogens is 3. The number of nitrogens with zero attached hydrogens (tertiary/aromatic N) is 3. The number of hydrogen-bond acceptors (Lipinski definition) is 3. The van der Waals surface area contributed by atoms with Gasteiger partial charge in [-0.2, -0.15) is 0 Å². The third kappa shape index (κ3) is 3.18. The molecule has 0 spiro atoms. The van der Waals surface area contributed by atoms with E-state index in [1.54, 1.807) is 11.6 Å². The second-order valence-electron chi connectivity index (χ2n) is 7.05. The molecule has 0 bridgehead atoms. The van der Waals surface area contributed by atoms with Crippen molar-refractivity contribution in [3.63, 3.8) is 0 Å². The monoisotopic (exact) mass is 290 g/mol. The highest BCUT2D eigenvalue weighted by molar-refractivity contribution is 5.71. The van der Waals surface area contributed by atoms with Crippen LogP contribution in [0, 0.1) is 5.41 Å². The normalized spacial score (nSPS) is 13.8. The summed E-state index contributed by atoms with van der Waals surface area (Å²) in [6, 6.07) is 4.03. The number of pyridine rings is 1. The molecule has 0 aliphatic rings. The molecule has 0 unspecified atom stereocenters. The minimum absolute atomic E-state index is 0.00365. The second-order valence-corrected chi connectivity index (χ2v) is 7.05. The maximum atomic E-state index is 12.4. The highest BCUT2D eigenvalue weighted by atomic mass is 16.1. The topological polar surface area (TPSA) is 65.8 Å². The van der Waals surface area contributed by atoms with Gasteiger partial charge in [0.2, 0.25) is 0 Å². The first-order valence-corrected chi connectivity index (χ1v) is 7.51. The Morgan fingerprint density at radius 2 is 2.00 bits per heavy atom. The first-order valence-electron chi connectivity index (χ1n) is 7.51. The summed E-state index contributed by atoms with van der Waals surface area (Å²) in [7, 11) is 1.79. The molecule has 2 heterocycles. The minimum Gasteiger partial charge on any atom is -0.330 e. The average molecular weight is 290 g/mol. The lowest BCUT2D eigenvalue weighted by Gasteiger charge is -2.18. The SMILES string of the molecule is C[C@@H](CCN)c1ccc2c(n1)n(C)c(=O)n2CC(C)(C)C. The van der Waals surface area contributed by atoms with E-state index in [2.05, 4.69) is 27.7 Å². The van der Waals surface area contributed by atoms with Crippen LogP contribution in [-0.2, 0) is 13.6 Å². The van der Waals surface area contributed by atoms with Crippen LogP contribution in [0.1, 0.15) is 45.7 Å². The molecule has 0 aliphatic carbocycles. The zero-order chi connectivity index (χ0) is 15.8. The number of hydrogen-bond donors (Lipinski definition) is 1. The molecule has 5 heteroatoms. The maximum Gasteiger partial charge on any atom is 0.330 e. The van der Waals surface area contributed by atoms with Gasteiger partial charge in [-0.25, -0.2) is 9.78 Å². The molecule has 21 heavy (non-hydrogen) atoms. The van der Waals surface area contributed by atoms with Crippen LogP contribution in [0.4, 0.5) is 0 Å². The minimum atomic E-state index is -0.00365. The van der Waals surface area contributed by atoms with Crippen LogP contribution < -0.4 is 11.4 Å². The van der Waals surface area contributed by atoms with E-state index in [0.29, 0.717) is 19.0 Å². The molecule has 1 atom stereocenters. The van der Waals surface area contributed by atoms with Crippen LogP contribution in [0.5, 0.6) is 0 Å². The van der Waals surface area contributed by atoms with Gasteiger partial charge in [-0.15, -0.1) is 0 Å². The van der Waals surface area contributed by atoms with Crippen LogP contribution in [0.2, 0.25) is 0 Å². The predicted octanol–water partition coefficient (Wildman–Crippen LogP) is 2.23. The van der Waals surface area contributed by atoms with Gasteiger partial charge in [0.05, 0.1) is 5.52 Å². The Bertz CT molecular complexity index is 691. The van der Waals surface area contributed by atoms with E-state index in [0.717, 1.165) is 23.3 Å². The molecule has 2 rings (SSSR count). The number of fused-ring (bicyclic) bond motifs is 1. The van der Waals surface area contributed by atoms with Crippen LogP contribution in [0.15, 0.2) is 16.9 Å². The van der Waals surface area contributed by atoms with Crippen molar-refractivity contribution in [3.05, 3.63) is 28.3 Å². The lowest BCUT2D eigenvalue weighted by Crippen LogP contribution is -2.27. The van der Waals surface area contributed by atoms with Gasteiger partial charge in [-0.1, -0.05) is 27.7 Å². The summed E-state index contributed by atoms with van der Waals surface area (Å²) in [6.07, 6.45) is 0.898. The third-order valence-corrected chi connectivity index (χ3v) is 3.74. The van der Waals surface area contributed by atoms with E-state index < -0.39 is 0 Å². The highest BCUT2D eigenvalue weighted by Gasteiger charge is 2.19. The predicted molar refractivity (Wildman–Crippen MR) is 86.5 cm³/mol. The van der Waals surface area contributed by atoms with Crippen molar-refractivity contribution < 1.29 is 0 Å². The van der Waals surface area contributed by atoms with Gasteiger partial charge in [0.15, 0.2) is 5.65 Å². The van der Waals surface area contributed by atoms with Crippen molar-refractivity contribution in [1.82, 2.24) is 14.1 Å². The van der Waals surface area contributed by atoms with Gasteiger partial charge in [0, 0.05) is 19.3 Å². The fourth-order valence-corrected chi connectivity index (χ4v) is 2.59. The van der Waals surface area contributed by atoms with Crippen molar-refractivity contribution in [3.8, 4) is 0 Å². The molecule has 0 amide bonds. The summed E-state index contributed by atoms with van der Waals surface area (Å²) in [5, 5.41) is 0. The summed E-state index contributed by atoms with van der Waals surface area (Å²) in [6.45, 7) is 9.83. The molecular weight excluding hydrogens is 264 g/mol. The summed E-state index contributed by atoms with van der Waals surface area (Å²) < 4.78 is 3.46. The number of rotatable bonds is 4. The van der Waals surface area contributed by atoms with Gasteiger partial charge < -0.3 is 5.73 Å². The zero-order valence-electron chi connectivity index (χ0n) is 13.7. The largest absolute Gasteiger partial charge is 0.330 e. The van der Waals surface area contributed by atoms with Gasteiger partial charge in [0.1, 0.15) is 0 Å². The van der Waals surface area contributed by atoms with E-state index >= 15 is 0 Å². The Labute approximate surface area is 125 Å². The van der Waals surface area contributed by atoms with Crippen molar-refractivity contribution >= 4 is 11.2 Å². The Balaban J connectivity index is 2.55. The van der Waals surface area contributed by atoms with Crippen LogP contribution in [0.3, 0.4) is 0 Å². The number of aryl methyl sites for hydroxylation is 1. The molecule has 5 nitrogen and oxygen atoms in total. The summed E-state index contributed by atoms with van der Waals surface area (Å²) in [5.74, 6) is 0.306. The Morgan fingerprint density at radius 3 is 2.57 bits per heavy atom. The Hall–Kier alpha value is -1.62. The van der Waals surface area contributed by atoms with Crippen LogP contribution in [-0.4, -0.2) is 20.7 Å². The first-order chi connectivity index (χ1) is 9.74. The van der Waals surface area contributed by atoms with Gasteiger partial charge in [-0.3, -0.25) is 9.13 Å². The fraction of sp³-hybridized carbons (Fsp3) is 0.625. The smallest absolute Gasteiger partial charge is 0.330 e. The Kier molecular flexibility index (Phi) is 4.23. The molecule has 0 aromatic carbocycles. The van der Waals surface area contributed by atoms with E-state index in [4.69, 9.17) is 10.7 Å². The second kappa shape index (κ2) is 5.64. The standard InChI is InChI=1S/C16H26N4O/c1-11(8-9-17)12-6-7-13-14(18-12)19(5)15(21)20(13)10-16(2,3)4/h6-7,11H,8-10,17H2,1-5H3/t11-/m0/s1. The number of imidazole rings is 1. The molecule has 116 valence electrons. The van der Waals surface area contributed by atoms with Gasteiger partial charge >= 0.3 is 5.69 Å². The summed E-state index contributed by atoms with van der Waals surface area (Å²) >= 11 is 0. The number of nitrogens with two attached hydrogens (primary N) is 1. The molecule has 0 saturated carbocycles. The lowest BCUT2D eigenvalue weighted by atomic mass is 9.97. The lowest BCUT2D eigenvalue weighted by molar-refractivity contribution is 0.342. The quantitative estimate of drug-likeness (QED) is 0.939. The molecular formula is C16H26N4O. The highest BCUT2D eigenvalue weighted by Crippen LogP contribution is 2.22. The van der Waals surface area contributed by atoms with Crippen LogP contribution >= 0.6 is 0 Å². The molecule has 0 radical (unpaired) electrons. The first kappa shape index (κ1) is 15.8. The van der Waals surface area contributed by atoms with Crippen LogP contribution in [0.25, 0.3) is 11.2 Å². The van der Waals surface area contributed by atoms with Crippen molar-refractivity contribution in [2.24, 2.45) is 18.2 Å². The maximum absolute atomic E-state index is 12.4. The van der Waals surface area contributed by atoms with Crippen molar-refractivity contribution in [2.75, 3.05) is 6.54 Å². The molecule has 0 aliphatic heterocycles. The van der Waals surface area contributed by atoms with E-state index in [9.17, 15) is 4.79 Å². The van der Waals surface area contributed by atoms with E-state index in [1.807, 2.05) is 16.7 Å². The molecule has 0 fully saturated rings. The van der Waals surface area contributed by atoms with Gasteiger partial charge in [0.25, 0.3) is 0 Å². The zero-order valence-corrected chi connectivity index (χ0v) is 13.7. The van der Waals surface area contributed by atoms with E-state index in [-0.39, 0.29) is 11.1 Å². The summed E-state index contributed by atoms with van der Waals surface area (Å²) in [5.41, 5.74) is 8.32. The van der Waals surface area contributed by atoms with Gasteiger partial charge in [-0.05, 0) is 36.4 Å². The molecule has 0 saturated heterocycles. The van der Waals surface area contributed by atoms with E-state index in [1.165, 1.54) is 0 Å². The third-order valence-electron chi connectivity index (χ3n) is 3.74. The Morgan fingerprint density at radius 1 is 1.33 bits per heavy atom. The van der Waals surface area contributed by atoms with Crippen molar-refractivity contribution in [1.29, 1.82) is 0 Å². The summed E-state index contributed by atoms with van der Waals surface area (Å²) in [4.78, 5) is 17.1. The molecule has 2 aromatic heterocycles. The fourth-order valence-electron chi connectivity index (χ4n) is 2.59. The van der Waals surface area contributed by atoms with Crippen molar-refractivity contribution in [2.45, 2.75) is 46.6 Å². The molecule has 2 N–H and O–H groups in total. The molecule has 2 aromatic rings. The average Bonchev–Trinajstić information content (AvgIpc) is 2.62.